The Labute approximate surface area is 118 Å². The number of nitrogens with zero attached hydrogens (tertiary/aromatic N) is 1. The highest BCUT2D eigenvalue weighted by molar-refractivity contribution is 5.89. The van der Waals surface area contributed by atoms with Gasteiger partial charge < -0.3 is 15.3 Å². The number of carbonyl (C=O) groups is 3. The van der Waals surface area contributed by atoms with E-state index in [9.17, 15) is 14.4 Å². The third-order valence-electron chi connectivity index (χ3n) is 3.92. The molecule has 6 heteroatoms. The summed E-state index contributed by atoms with van der Waals surface area (Å²) in [5.74, 6) is -1.36. The van der Waals surface area contributed by atoms with Crippen LogP contribution in [-0.2, 0) is 14.4 Å². The second-order valence-corrected chi connectivity index (χ2v) is 5.77. The fourth-order valence-electron chi connectivity index (χ4n) is 2.75. The molecule has 0 aromatic rings. The van der Waals surface area contributed by atoms with Gasteiger partial charge in [-0.1, -0.05) is 13.3 Å². The maximum atomic E-state index is 12.2. The van der Waals surface area contributed by atoms with Gasteiger partial charge in [0, 0.05) is 25.0 Å². The van der Waals surface area contributed by atoms with Gasteiger partial charge in [-0.3, -0.25) is 14.4 Å². The molecule has 2 amide bonds. The van der Waals surface area contributed by atoms with Crippen molar-refractivity contribution in [3.63, 3.8) is 0 Å². The van der Waals surface area contributed by atoms with Crippen molar-refractivity contribution in [3.05, 3.63) is 0 Å². The first-order valence-electron chi connectivity index (χ1n) is 7.33. The van der Waals surface area contributed by atoms with Crippen LogP contribution in [0.25, 0.3) is 0 Å². The van der Waals surface area contributed by atoms with E-state index in [1.165, 1.54) is 0 Å². The molecule has 0 aromatic carbocycles. The van der Waals surface area contributed by atoms with E-state index in [-0.39, 0.29) is 36.6 Å². The minimum Gasteiger partial charge on any atom is -0.481 e. The lowest BCUT2D eigenvalue weighted by Gasteiger charge is -2.19. The summed E-state index contributed by atoms with van der Waals surface area (Å²) in [6.45, 7) is 2.44. The van der Waals surface area contributed by atoms with Crippen LogP contribution in [0.5, 0.6) is 0 Å². The normalized spacial score (nSPS) is 23.8. The van der Waals surface area contributed by atoms with E-state index in [0.717, 1.165) is 19.3 Å². The molecular weight excluding hydrogens is 260 g/mol. The van der Waals surface area contributed by atoms with Crippen LogP contribution < -0.4 is 5.32 Å². The van der Waals surface area contributed by atoms with Crippen LogP contribution in [0.4, 0.5) is 0 Å². The van der Waals surface area contributed by atoms with Crippen molar-refractivity contribution in [2.24, 2.45) is 5.92 Å². The van der Waals surface area contributed by atoms with E-state index >= 15 is 0 Å². The first kappa shape index (κ1) is 14.8. The molecule has 2 rings (SSSR count). The average molecular weight is 282 g/mol. The topological polar surface area (TPSA) is 86.7 Å². The number of aliphatic carboxylic acids is 1. The highest BCUT2D eigenvalue weighted by Gasteiger charge is 2.41. The predicted molar refractivity (Wildman–Crippen MR) is 71.9 cm³/mol. The molecule has 1 saturated heterocycles. The van der Waals surface area contributed by atoms with Gasteiger partial charge in [0.05, 0.1) is 12.3 Å². The largest absolute Gasteiger partial charge is 0.481 e. The number of nitrogens with one attached hydrogen (secondary N) is 1. The molecule has 1 aliphatic heterocycles. The number of likely N-dealkylation sites (tertiary alicyclic amines) is 1. The second kappa shape index (κ2) is 6.24. The number of amides is 2. The van der Waals surface area contributed by atoms with Crippen molar-refractivity contribution in [2.45, 2.75) is 57.5 Å². The molecule has 112 valence electrons. The fraction of sp³-hybridized carbons (Fsp3) is 0.786. The van der Waals surface area contributed by atoms with Gasteiger partial charge in [-0.2, -0.15) is 0 Å². The van der Waals surface area contributed by atoms with Gasteiger partial charge in [0.25, 0.3) is 0 Å². The summed E-state index contributed by atoms with van der Waals surface area (Å²) in [4.78, 5) is 36.6. The maximum absolute atomic E-state index is 12.2. The van der Waals surface area contributed by atoms with Crippen molar-refractivity contribution in [1.29, 1.82) is 0 Å². The molecule has 1 heterocycles. The van der Waals surface area contributed by atoms with Crippen LogP contribution in [0.2, 0.25) is 0 Å². The van der Waals surface area contributed by atoms with Crippen molar-refractivity contribution in [1.82, 2.24) is 10.2 Å². The smallest absolute Gasteiger partial charge is 0.305 e. The quantitative estimate of drug-likeness (QED) is 0.721. The average Bonchev–Trinajstić information content (AvgIpc) is 3.12. The molecule has 2 N–H and O–H groups in total. The molecule has 0 spiro atoms. The molecule has 0 aromatic heterocycles. The van der Waals surface area contributed by atoms with Crippen molar-refractivity contribution in [3.8, 4) is 0 Å². The zero-order chi connectivity index (χ0) is 14.7. The SMILES string of the molecule is CCCC(CC(=O)O)NC(=O)C1CC(=O)N(C2CC2)C1. The summed E-state index contributed by atoms with van der Waals surface area (Å²) in [6.07, 6.45) is 3.73. The summed E-state index contributed by atoms with van der Waals surface area (Å²) in [5, 5.41) is 11.6. The van der Waals surface area contributed by atoms with Gasteiger partial charge in [0.1, 0.15) is 0 Å². The Hall–Kier alpha value is -1.59. The standard InChI is InChI=1S/C14H22N2O4/c1-2-3-10(7-13(18)19)15-14(20)9-6-12(17)16(8-9)11-4-5-11/h9-11H,2-8H2,1H3,(H,15,20)(H,18,19). The number of carbonyl (C=O) groups excluding carboxylic acids is 2. The lowest BCUT2D eigenvalue weighted by atomic mass is 10.0. The summed E-state index contributed by atoms with van der Waals surface area (Å²) >= 11 is 0. The van der Waals surface area contributed by atoms with Gasteiger partial charge in [0.15, 0.2) is 0 Å². The monoisotopic (exact) mass is 282 g/mol. The zero-order valence-corrected chi connectivity index (χ0v) is 11.8. The van der Waals surface area contributed by atoms with E-state index in [1.54, 1.807) is 4.90 Å². The molecule has 0 radical (unpaired) electrons. The maximum Gasteiger partial charge on any atom is 0.305 e. The Bertz CT molecular complexity index is 406. The highest BCUT2D eigenvalue weighted by Crippen LogP contribution is 2.32. The van der Waals surface area contributed by atoms with E-state index in [0.29, 0.717) is 19.0 Å². The molecule has 20 heavy (non-hydrogen) atoms. The van der Waals surface area contributed by atoms with Crippen molar-refractivity contribution < 1.29 is 19.5 Å². The van der Waals surface area contributed by atoms with Crippen LogP contribution in [0.15, 0.2) is 0 Å². The second-order valence-electron chi connectivity index (χ2n) is 5.77. The molecular formula is C14H22N2O4. The number of hydrogen-bond donors (Lipinski definition) is 2. The van der Waals surface area contributed by atoms with Gasteiger partial charge in [-0.05, 0) is 19.3 Å². The van der Waals surface area contributed by atoms with E-state index < -0.39 is 5.97 Å². The van der Waals surface area contributed by atoms with Crippen LogP contribution in [-0.4, -0.2) is 46.4 Å². The Morgan fingerprint density at radius 1 is 1.45 bits per heavy atom. The van der Waals surface area contributed by atoms with E-state index in [2.05, 4.69) is 5.32 Å². The molecule has 2 atom stereocenters. The lowest BCUT2D eigenvalue weighted by molar-refractivity contribution is -0.138. The summed E-state index contributed by atoms with van der Waals surface area (Å²) in [7, 11) is 0. The Morgan fingerprint density at radius 2 is 2.15 bits per heavy atom. The minimum atomic E-state index is -0.911. The first-order chi connectivity index (χ1) is 9.51. The number of carboxylic acid groups (broad SMARTS) is 1. The van der Waals surface area contributed by atoms with Crippen LogP contribution >= 0.6 is 0 Å². The van der Waals surface area contributed by atoms with Crippen LogP contribution in [0, 0.1) is 5.92 Å². The molecule has 0 bridgehead atoms. The van der Waals surface area contributed by atoms with Gasteiger partial charge in [0.2, 0.25) is 11.8 Å². The van der Waals surface area contributed by atoms with Crippen LogP contribution in [0.1, 0.15) is 45.4 Å². The summed E-state index contributed by atoms with van der Waals surface area (Å²) in [5.41, 5.74) is 0. The van der Waals surface area contributed by atoms with Gasteiger partial charge in [-0.15, -0.1) is 0 Å². The number of hydrogen-bond acceptors (Lipinski definition) is 3. The van der Waals surface area contributed by atoms with Gasteiger partial charge in [-0.25, -0.2) is 0 Å². The third kappa shape index (κ3) is 3.71. The number of carboxylic acids is 1. The van der Waals surface area contributed by atoms with Crippen molar-refractivity contribution in [2.75, 3.05) is 6.54 Å². The molecule has 6 nitrogen and oxygen atoms in total. The lowest BCUT2D eigenvalue weighted by Crippen LogP contribution is -2.41. The van der Waals surface area contributed by atoms with E-state index in [4.69, 9.17) is 5.11 Å². The van der Waals surface area contributed by atoms with Crippen molar-refractivity contribution >= 4 is 17.8 Å². The molecule has 2 aliphatic rings. The van der Waals surface area contributed by atoms with Gasteiger partial charge >= 0.3 is 5.97 Å². The Kier molecular flexibility index (Phi) is 4.62. The number of rotatable bonds is 7. The third-order valence-corrected chi connectivity index (χ3v) is 3.92. The highest BCUT2D eigenvalue weighted by atomic mass is 16.4. The molecule has 2 unspecified atom stereocenters. The zero-order valence-electron chi connectivity index (χ0n) is 11.8. The Balaban J connectivity index is 1.86. The Morgan fingerprint density at radius 3 is 2.70 bits per heavy atom. The minimum absolute atomic E-state index is 0.0536. The molecule has 2 fully saturated rings. The molecule has 1 saturated carbocycles. The summed E-state index contributed by atoms with van der Waals surface area (Å²) < 4.78 is 0. The van der Waals surface area contributed by atoms with E-state index in [1.807, 2.05) is 6.92 Å². The predicted octanol–water partition coefficient (Wildman–Crippen LogP) is 0.757. The summed E-state index contributed by atoms with van der Waals surface area (Å²) in [6, 6.07) is 0.000773. The first-order valence-corrected chi connectivity index (χ1v) is 7.33. The molecule has 1 aliphatic carbocycles. The fourth-order valence-corrected chi connectivity index (χ4v) is 2.75. The van der Waals surface area contributed by atoms with Crippen LogP contribution in [0.3, 0.4) is 0 Å².